The number of carbonyl (C=O) groups excluding carboxylic acids is 1. The number of nitrogens with zero attached hydrogens (tertiary/aromatic N) is 3. The molecule has 1 heterocycles. The number of halogens is 2. The molecule has 3 rings (SSSR count). The van der Waals surface area contributed by atoms with Crippen LogP contribution in [-0.4, -0.2) is 68.2 Å². The number of sulfonamides is 1. The van der Waals surface area contributed by atoms with Gasteiger partial charge in [-0.2, -0.15) is 4.31 Å². The smallest absolute Gasteiger partial charge is 0.243 e. The molecule has 1 aliphatic rings. The van der Waals surface area contributed by atoms with Gasteiger partial charge in [0.25, 0.3) is 0 Å². The number of benzene rings is 2. The lowest BCUT2D eigenvalue weighted by atomic mass is 10.2. The molecule has 2 aromatic rings. The van der Waals surface area contributed by atoms with Crippen molar-refractivity contribution < 1.29 is 17.6 Å². The van der Waals surface area contributed by atoms with Crippen LogP contribution >= 0.6 is 11.6 Å². The number of hydrogen-bond donors (Lipinski definition) is 0. The second-order valence-electron chi connectivity index (χ2n) is 7.35. The van der Waals surface area contributed by atoms with Gasteiger partial charge in [0.15, 0.2) is 0 Å². The highest BCUT2D eigenvalue weighted by Gasteiger charge is 2.26. The first-order valence-corrected chi connectivity index (χ1v) is 11.5. The van der Waals surface area contributed by atoms with E-state index in [2.05, 4.69) is 4.90 Å². The van der Waals surface area contributed by atoms with Crippen molar-refractivity contribution in [2.45, 2.75) is 17.9 Å². The van der Waals surface area contributed by atoms with E-state index in [1.54, 1.807) is 4.90 Å². The Kier molecular flexibility index (Phi) is 7.46. The van der Waals surface area contributed by atoms with Crippen molar-refractivity contribution in [3.05, 3.63) is 64.9 Å². The van der Waals surface area contributed by atoms with Gasteiger partial charge in [-0.15, -0.1) is 0 Å². The lowest BCUT2D eigenvalue weighted by Crippen LogP contribution is -2.42. The third-order valence-corrected chi connectivity index (χ3v) is 7.21. The van der Waals surface area contributed by atoms with Crippen molar-refractivity contribution in [3.8, 4) is 0 Å². The summed E-state index contributed by atoms with van der Waals surface area (Å²) in [6, 6.07) is 12.3. The fraction of sp³-hybridized carbons (Fsp3) is 0.381. The molecule has 30 heavy (non-hydrogen) atoms. The molecule has 1 aliphatic heterocycles. The number of rotatable bonds is 6. The summed E-state index contributed by atoms with van der Waals surface area (Å²) >= 11 is 5.93. The summed E-state index contributed by atoms with van der Waals surface area (Å²) in [6.45, 7) is 3.21. The summed E-state index contributed by atoms with van der Waals surface area (Å²) in [6.07, 6.45) is 0.813. The van der Waals surface area contributed by atoms with Crippen LogP contribution < -0.4 is 0 Å². The Balaban J connectivity index is 1.56. The van der Waals surface area contributed by atoms with Crippen molar-refractivity contribution in [3.63, 3.8) is 0 Å². The summed E-state index contributed by atoms with van der Waals surface area (Å²) < 4.78 is 39.3. The summed E-state index contributed by atoms with van der Waals surface area (Å²) in [5, 5.41) is 0.700. The van der Waals surface area contributed by atoms with Crippen molar-refractivity contribution >= 4 is 27.5 Å². The summed E-state index contributed by atoms with van der Waals surface area (Å²) in [5.41, 5.74) is 1.16. The molecule has 0 unspecified atom stereocenters. The maximum atomic E-state index is 13.1. The highest BCUT2D eigenvalue weighted by molar-refractivity contribution is 7.89. The first-order valence-electron chi connectivity index (χ1n) is 9.72. The highest BCUT2D eigenvalue weighted by Crippen LogP contribution is 2.16. The number of carbonyl (C=O) groups is 1. The van der Waals surface area contributed by atoms with Gasteiger partial charge in [-0.1, -0.05) is 23.7 Å². The SMILES string of the molecule is CN(CC(=O)N1CCCN(Cc2ccc(Cl)cc2)CC1)S(=O)(=O)c1ccc(F)cc1. The van der Waals surface area contributed by atoms with E-state index < -0.39 is 15.8 Å². The van der Waals surface area contributed by atoms with Gasteiger partial charge in [0, 0.05) is 44.8 Å². The normalized spacial score (nSPS) is 15.9. The first-order chi connectivity index (χ1) is 14.3. The van der Waals surface area contributed by atoms with E-state index in [4.69, 9.17) is 11.6 Å². The molecule has 1 saturated heterocycles. The molecule has 6 nitrogen and oxygen atoms in total. The molecule has 0 bridgehead atoms. The molecular formula is C21H25ClFN3O3S. The molecule has 1 fully saturated rings. The maximum Gasteiger partial charge on any atom is 0.243 e. The highest BCUT2D eigenvalue weighted by atomic mass is 35.5. The van der Waals surface area contributed by atoms with Crippen LogP contribution in [0.15, 0.2) is 53.4 Å². The van der Waals surface area contributed by atoms with Crippen molar-refractivity contribution in [1.29, 1.82) is 0 Å². The van der Waals surface area contributed by atoms with Gasteiger partial charge >= 0.3 is 0 Å². The van der Waals surface area contributed by atoms with E-state index in [9.17, 15) is 17.6 Å². The van der Waals surface area contributed by atoms with Crippen LogP contribution in [0.2, 0.25) is 5.02 Å². The van der Waals surface area contributed by atoms with Gasteiger partial charge in [0.1, 0.15) is 5.82 Å². The van der Waals surface area contributed by atoms with Gasteiger partial charge in [-0.3, -0.25) is 9.69 Å². The van der Waals surface area contributed by atoms with Crippen LogP contribution in [0.5, 0.6) is 0 Å². The van der Waals surface area contributed by atoms with Crippen molar-refractivity contribution in [2.24, 2.45) is 0 Å². The molecule has 0 atom stereocenters. The second-order valence-corrected chi connectivity index (χ2v) is 9.83. The Labute approximate surface area is 181 Å². The lowest BCUT2D eigenvalue weighted by Gasteiger charge is -2.24. The minimum atomic E-state index is -3.86. The quantitative estimate of drug-likeness (QED) is 0.674. The molecule has 0 aromatic heterocycles. The topological polar surface area (TPSA) is 60.9 Å². The van der Waals surface area contributed by atoms with E-state index in [0.717, 1.165) is 41.5 Å². The molecule has 2 aromatic carbocycles. The Hall–Kier alpha value is -2.00. The predicted octanol–water partition coefficient (Wildman–Crippen LogP) is 2.83. The van der Waals surface area contributed by atoms with Gasteiger partial charge in [-0.05, 0) is 48.4 Å². The van der Waals surface area contributed by atoms with E-state index in [1.807, 2.05) is 24.3 Å². The largest absolute Gasteiger partial charge is 0.340 e. The van der Waals surface area contributed by atoms with Gasteiger partial charge in [-0.25, -0.2) is 12.8 Å². The molecule has 0 radical (unpaired) electrons. The van der Waals surface area contributed by atoms with Crippen molar-refractivity contribution in [2.75, 3.05) is 39.8 Å². The summed E-state index contributed by atoms with van der Waals surface area (Å²) in [7, 11) is -2.49. The molecule has 0 spiro atoms. The van der Waals surface area contributed by atoms with Gasteiger partial charge < -0.3 is 4.90 Å². The van der Waals surface area contributed by atoms with E-state index in [0.29, 0.717) is 24.7 Å². The second kappa shape index (κ2) is 9.87. The minimum absolute atomic E-state index is 0.0378. The molecule has 0 saturated carbocycles. The zero-order valence-electron chi connectivity index (χ0n) is 16.8. The third kappa shape index (κ3) is 5.78. The maximum absolute atomic E-state index is 13.1. The molecule has 0 aliphatic carbocycles. The lowest BCUT2D eigenvalue weighted by molar-refractivity contribution is -0.131. The van der Waals surface area contributed by atoms with Crippen molar-refractivity contribution in [1.82, 2.24) is 14.1 Å². The zero-order chi connectivity index (χ0) is 21.7. The standard InChI is InChI=1S/C21H25ClFN3O3S/c1-24(30(28,29)20-9-7-19(23)8-10-20)16-21(27)26-12-2-11-25(13-14-26)15-17-3-5-18(22)6-4-17/h3-10H,2,11-16H2,1H3. The van der Waals surface area contributed by atoms with E-state index in [1.165, 1.54) is 19.2 Å². The Morgan fingerprint density at radius 1 is 1.03 bits per heavy atom. The molecular weight excluding hydrogens is 429 g/mol. The van der Waals surface area contributed by atoms with Crippen LogP contribution in [0.1, 0.15) is 12.0 Å². The molecule has 0 N–H and O–H groups in total. The van der Waals surface area contributed by atoms with Crippen LogP contribution in [-0.2, 0) is 21.4 Å². The molecule has 9 heteroatoms. The van der Waals surface area contributed by atoms with Gasteiger partial charge in [0.2, 0.25) is 15.9 Å². The summed E-state index contributed by atoms with van der Waals surface area (Å²) in [5.74, 6) is -0.753. The molecule has 1 amide bonds. The first kappa shape index (κ1) is 22.7. The van der Waals surface area contributed by atoms with Gasteiger partial charge in [0.05, 0.1) is 11.4 Å². The Morgan fingerprint density at radius 2 is 1.70 bits per heavy atom. The molecule has 162 valence electrons. The fourth-order valence-corrected chi connectivity index (χ4v) is 4.63. The monoisotopic (exact) mass is 453 g/mol. The van der Waals surface area contributed by atoms with Crippen LogP contribution in [0.4, 0.5) is 4.39 Å². The number of amides is 1. The van der Waals surface area contributed by atoms with E-state index in [-0.39, 0.29) is 17.3 Å². The summed E-state index contributed by atoms with van der Waals surface area (Å²) in [4.78, 5) is 16.7. The average Bonchev–Trinajstić information content (AvgIpc) is 2.95. The zero-order valence-corrected chi connectivity index (χ0v) is 18.4. The average molecular weight is 454 g/mol. The minimum Gasteiger partial charge on any atom is -0.340 e. The van der Waals surface area contributed by atoms with E-state index >= 15 is 0 Å². The van der Waals surface area contributed by atoms with Crippen LogP contribution in [0, 0.1) is 5.82 Å². The van der Waals surface area contributed by atoms with Crippen LogP contribution in [0.3, 0.4) is 0 Å². The number of likely N-dealkylation sites (N-methyl/N-ethyl adjacent to an activating group) is 1. The van der Waals surface area contributed by atoms with Crippen LogP contribution in [0.25, 0.3) is 0 Å². The number of hydrogen-bond acceptors (Lipinski definition) is 4. The third-order valence-electron chi connectivity index (χ3n) is 5.14. The Morgan fingerprint density at radius 3 is 2.37 bits per heavy atom. The predicted molar refractivity (Wildman–Crippen MR) is 114 cm³/mol. The fourth-order valence-electron chi connectivity index (χ4n) is 3.39. The Bertz CT molecular complexity index is 968.